The predicted octanol–water partition coefficient (Wildman–Crippen LogP) is 5.50. The highest BCUT2D eigenvalue weighted by molar-refractivity contribution is 6.35. The summed E-state index contributed by atoms with van der Waals surface area (Å²) in [5.41, 5.74) is 1.77. The lowest BCUT2D eigenvalue weighted by Crippen LogP contribution is -2.37. The van der Waals surface area contributed by atoms with Crippen molar-refractivity contribution < 1.29 is 4.79 Å². The zero-order chi connectivity index (χ0) is 17.8. The Kier molecular flexibility index (Phi) is 6.24. The minimum atomic E-state index is -0.00865. The Bertz CT molecular complexity index is 758. The molecule has 1 aliphatic heterocycles. The fourth-order valence-electron chi connectivity index (χ4n) is 3.07. The average Bonchev–Trinajstić information content (AvgIpc) is 2.59. The fraction of sp³-hybridized carbons (Fsp3) is 0.316. The number of rotatable bonds is 4. The van der Waals surface area contributed by atoms with Crippen LogP contribution in [0.25, 0.3) is 0 Å². The van der Waals surface area contributed by atoms with Gasteiger partial charge in [-0.25, -0.2) is 0 Å². The van der Waals surface area contributed by atoms with Crippen molar-refractivity contribution in [3.63, 3.8) is 0 Å². The molecule has 3 rings (SSSR count). The Hall–Kier alpha value is -1.26. The maximum Gasteiger partial charge on any atom is 0.227 e. The molecule has 1 heterocycles. The molecule has 1 saturated heterocycles. The van der Waals surface area contributed by atoms with Gasteiger partial charge in [-0.05, 0) is 61.8 Å². The quantitative estimate of drug-likeness (QED) is 0.739. The van der Waals surface area contributed by atoms with E-state index in [1.165, 1.54) is 5.56 Å². The zero-order valence-electron chi connectivity index (χ0n) is 13.6. The van der Waals surface area contributed by atoms with E-state index in [9.17, 15) is 4.79 Å². The number of nitrogens with zero attached hydrogens (tertiary/aromatic N) is 1. The molecule has 25 heavy (non-hydrogen) atoms. The van der Waals surface area contributed by atoms with Gasteiger partial charge in [0.15, 0.2) is 0 Å². The molecule has 2 aromatic rings. The second kappa shape index (κ2) is 8.41. The van der Waals surface area contributed by atoms with Crippen LogP contribution < -0.4 is 5.32 Å². The highest BCUT2D eigenvalue weighted by atomic mass is 35.5. The third-order valence-corrected chi connectivity index (χ3v) is 5.24. The van der Waals surface area contributed by atoms with E-state index in [4.69, 9.17) is 34.8 Å². The van der Waals surface area contributed by atoms with E-state index in [0.29, 0.717) is 15.7 Å². The van der Waals surface area contributed by atoms with Crippen molar-refractivity contribution >= 4 is 46.4 Å². The molecule has 0 saturated carbocycles. The smallest absolute Gasteiger partial charge is 0.227 e. The standard InChI is InChI=1S/C19H19Cl3N2O/c20-15-3-1-2-13(10-15)12-24-8-6-14(7-9-24)19(25)23-18-11-16(21)4-5-17(18)22/h1-5,10-11,14H,6-9,12H2,(H,23,25). The Morgan fingerprint density at radius 1 is 1.04 bits per heavy atom. The minimum Gasteiger partial charge on any atom is -0.324 e. The van der Waals surface area contributed by atoms with Gasteiger partial charge in [-0.1, -0.05) is 46.9 Å². The second-order valence-electron chi connectivity index (χ2n) is 6.29. The van der Waals surface area contributed by atoms with Crippen LogP contribution in [0.3, 0.4) is 0 Å². The van der Waals surface area contributed by atoms with Crippen LogP contribution in [0, 0.1) is 5.92 Å². The monoisotopic (exact) mass is 396 g/mol. The number of anilines is 1. The Morgan fingerprint density at radius 2 is 1.76 bits per heavy atom. The molecule has 0 spiro atoms. The van der Waals surface area contributed by atoms with E-state index in [-0.39, 0.29) is 11.8 Å². The summed E-state index contributed by atoms with van der Waals surface area (Å²) in [6.45, 7) is 2.62. The van der Waals surface area contributed by atoms with Crippen LogP contribution >= 0.6 is 34.8 Å². The Balaban J connectivity index is 1.53. The van der Waals surface area contributed by atoms with Gasteiger partial charge in [-0.3, -0.25) is 9.69 Å². The lowest BCUT2D eigenvalue weighted by atomic mass is 9.95. The van der Waals surface area contributed by atoms with Crippen LogP contribution in [-0.4, -0.2) is 23.9 Å². The van der Waals surface area contributed by atoms with Gasteiger partial charge < -0.3 is 5.32 Å². The SMILES string of the molecule is O=C(Nc1cc(Cl)ccc1Cl)C1CCN(Cc2cccc(Cl)c2)CC1. The number of carbonyl (C=O) groups is 1. The second-order valence-corrected chi connectivity index (χ2v) is 7.57. The van der Waals surface area contributed by atoms with Crippen molar-refractivity contribution in [1.82, 2.24) is 4.90 Å². The summed E-state index contributed by atoms with van der Waals surface area (Å²) in [5.74, 6) is -0.00256. The first-order valence-electron chi connectivity index (χ1n) is 8.24. The molecule has 1 aliphatic rings. The Morgan fingerprint density at radius 3 is 2.48 bits per heavy atom. The van der Waals surface area contributed by atoms with Crippen molar-refractivity contribution in [2.45, 2.75) is 19.4 Å². The lowest BCUT2D eigenvalue weighted by Gasteiger charge is -2.31. The van der Waals surface area contributed by atoms with Crippen LogP contribution in [-0.2, 0) is 11.3 Å². The third-order valence-electron chi connectivity index (χ3n) is 4.44. The van der Waals surface area contributed by atoms with E-state index in [1.54, 1.807) is 18.2 Å². The van der Waals surface area contributed by atoms with Crippen LogP contribution in [0.4, 0.5) is 5.69 Å². The Labute approximate surface area is 162 Å². The number of hydrogen-bond donors (Lipinski definition) is 1. The van der Waals surface area contributed by atoms with E-state index in [1.807, 2.05) is 18.2 Å². The largest absolute Gasteiger partial charge is 0.324 e. The first kappa shape index (κ1) is 18.5. The van der Waals surface area contributed by atoms with Crippen molar-refractivity contribution in [1.29, 1.82) is 0 Å². The number of likely N-dealkylation sites (tertiary alicyclic amines) is 1. The van der Waals surface area contributed by atoms with Gasteiger partial charge in [0.05, 0.1) is 10.7 Å². The number of nitrogens with one attached hydrogen (secondary N) is 1. The van der Waals surface area contributed by atoms with Gasteiger partial charge in [0, 0.05) is 22.5 Å². The molecule has 2 aromatic carbocycles. The summed E-state index contributed by atoms with van der Waals surface area (Å²) in [7, 11) is 0. The number of amides is 1. The summed E-state index contributed by atoms with van der Waals surface area (Å²) in [5, 5.41) is 4.70. The molecule has 6 heteroatoms. The molecular weight excluding hydrogens is 379 g/mol. The average molecular weight is 398 g/mol. The summed E-state index contributed by atoms with van der Waals surface area (Å²) in [6.07, 6.45) is 1.65. The van der Waals surface area contributed by atoms with Crippen molar-refractivity contribution in [2.24, 2.45) is 5.92 Å². The molecule has 0 unspecified atom stereocenters. The normalized spacial score (nSPS) is 16.0. The summed E-state index contributed by atoms with van der Waals surface area (Å²) < 4.78 is 0. The van der Waals surface area contributed by atoms with E-state index in [0.717, 1.165) is 37.5 Å². The molecule has 0 bridgehead atoms. The summed E-state index contributed by atoms with van der Waals surface area (Å²) in [4.78, 5) is 14.8. The van der Waals surface area contributed by atoms with Gasteiger partial charge >= 0.3 is 0 Å². The topological polar surface area (TPSA) is 32.3 Å². The maximum absolute atomic E-state index is 12.5. The van der Waals surface area contributed by atoms with Crippen LogP contribution in [0.15, 0.2) is 42.5 Å². The van der Waals surface area contributed by atoms with Gasteiger partial charge in [-0.15, -0.1) is 0 Å². The molecule has 0 radical (unpaired) electrons. The van der Waals surface area contributed by atoms with E-state index < -0.39 is 0 Å². The van der Waals surface area contributed by atoms with Gasteiger partial charge in [0.2, 0.25) is 5.91 Å². The zero-order valence-corrected chi connectivity index (χ0v) is 15.9. The van der Waals surface area contributed by atoms with Crippen LogP contribution in [0.2, 0.25) is 15.1 Å². The first-order chi connectivity index (χ1) is 12.0. The molecule has 1 fully saturated rings. The van der Waals surface area contributed by atoms with E-state index >= 15 is 0 Å². The van der Waals surface area contributed by atoms with Crippen molar-refractivity contribution in [2.75, 3.05) is 18.4 Å². The molecule has 132 valence electrons. The minimum absolute atomic E-state index is 0.00609. The highest BCUT2D eigenvalue weighted by Gasteiger charge is 2.25. The number of benzene rings is 2. The maximum atomic E-state index is 12.5. The number of carbonyl (C=O) groups excluding carboxylic acids is 1. The van der Waals surface area contributed by atoms with Gasteiger partial charge in [-0.2, -0.15) is 0 Å². The number of piperidine rings is 1. The number of halogens is 3. The molecule has 0 atom stereocenters. The highest BCUT2D eigenvalue weighted by Crippen LogP contribution is 2.27. The number of hydrogen-bond acceptors (Lipinski definition) is 2. The lowest BCUT2D eigenvalue weighted by molar-refractivity contribution is -0.121. The van der Waals surface area contributed by atoms with Crippen molar-refractivity contribution in [3.8, 4) is 0 Å². The summed E-state index contributed by atoms with van der Waals surface area (Å²) >= 11 is 18.1. The summed E-state index contributed by atoms with van der Waals surface area (Å²) in [6, 6.07) is 13.0. The molecule has 1 amide bonds. The molecule has 3 nitrogen and oxygen atoms in total. The molecule has 0 aromatic heterocycles. The predicted molar refractivity (Wildman–Crippen MR) is 105 cm³/mol. The first-order valence-corrected chi connectivity index (χ1v) is 9.37. The van der Waals surface area contributed by atoms with Gasteiger partial charge in [0.1, 0.15) is 0 Å². The fourth-order valence-corrected chi connectivity index (χ4v) is 3.62. The third kappa shape index (κ3) is 5.11. The van der Waals surface area contributed by atoms with Crippen molar-refractivity contribution in [3.05, 3.63) is 63.1 Å². The molecule has 0 aliphatic carbocycles. The van der Waals surface area contributed by atoms with Crippen LogP contribution in [0.5, 0.6) is 0 Å². The van der Waals surface area contributed by atoms with E-state index in [2.05, 4.69) is 16.3 Å². The molecule has 1 N–H and O–H groups in total. The van der Waals surface area contributed by atoms with Crippen LogP contribution in [0.1, 0.15) is 18.4 Å². The van der Waals surface area contributed by atoms with Gasteiger partial charge in [0.25, 0.3) is 0 Å². The molecular formula is C19H19Cl3N2O.